The Morgan fingerprint density at radius 3 is 2.00 bits per heavy atom. The second-order valence-electron chi connectivity index (χ2n) is 8.78. The van der Waals surface area contributed by atoms with Gasteiger partial charge in [-0.2, -0.15) is 0 Å². The number of phosphoric acid groups is 1. The summed E-state index contributed by atoms with van der Waals surface area (Å²) in [6.07, 6.45) is 15.6. The number of phosphoric ester groups is 1. The molecule has 0 aliphatic rings. The van der Waals surface area contributed by atoms with Gasteiger partial charge in [-0.05, 0) is 32.1 Å². The van der Waals surface area contributed by atoms with Gasteiger partial charge < -0.3 is 25.2 Å². The molecule has 0 spiro atoms. The first kappa shape index (κ1) is 35.2. The Labute approximate surface area is 220 Å². The SMILES string of the molecule is CCCCCC/C=C\CCCCCCCC(=O)OC(COC(=O)CC)COP(=O)(O)OCC(N)C(=O)O. The first-order valence-electron chi connectivity index (χ1n) is 13.2. The van der Waals surface area contributed by atoms with Gasteiger partial charge in [-0.1, -0.05) is 64.5 Å². The molecule has 37 heavy (non-hydrogen) atoms. The lowest BCUT2D eigenvalue weighted by Crippen LogP contribution is -2.34. The number of esters is 2. The van der Waals surface area contributed by atoms with E-state index in [0.717, 1.165) is 38.5 Å². The van der Waals surface area contributed by atoms with E-state index < -0.39 is 51.1 Å². The van der Waals surface area contributed by atoms with Crippen LogP contribution in [-0.4, -0.2) is 59.9 Å². The van der Waals surface area contributed by atoms with Gasteiger partial charge in [0, 0.05) is 12.8 Å². The largest absolute Gasteiger partial charge is 0.480 e. The van der Waals surface area contributed by atoms with Crippen molar-refractivity contribution in [2.75, 3.05) is 19.8 Å². The number of unbranched alkanes of at least 4 members (excludes halogenated alkanes) is 9. The van der Waals surface area contributed by atoms with Crippen LogP contribution in [0.3, 0.4) is 0 Å². The third kappa shape index (κ3) is 22.0. The zero-order chi connectivity index (χ0) is 27.9. The van der Waals surface area contributed by atoms with Crippen LogP contribution in [0.4, 0.5) is 0 Å². The lowest BCUT2D eigenvalue weighted by atomic mass is 10.1. The van der Waals surface area contributed by atoms with Crippen molar-refractivity contribution in [3.63, 3.8) is 0 Å². The van der Waals surface area contributed by atoms with Gasteiger partial charge in [-0.15, -0.1) is 0 Å². The normalized spacial score (nSPS) is 14.7. The highest BCUT2D eigenvalue weighted by atomic mass is 31.2. The fraction of sp³-hybridized carbons (Fsp3) is 0.800. The van der Waals surface area contributed by atoms with Crippen LogP contribution in [0.25, 0.3) is 0 Å². The summed E-state index contributed by atoms with van der Waals surface area (Å²) in [4.78, 5) is 44.0. The van der Waals surface area contributed by atoms with Crippen molar-refractivity contribution in [2.45, 2.75) is 109 Å². The number of allylic oxidation sites excluding steroid dienone is 2. The van der Waals surface area contributed by atoms with Crippen LogP contribution in [0.2, 0.25) is 0 Å². The first-order chi connectivity index (χ1) is 17.6. The third-order valence-electron chi connectivity index (χ3n) is 5.32. The molecule has 0 amide bonds. The van der Waals surface area contributed by atoms with E-state index in [-0.39, 0.29) is 19.4 Å². The van der Waals surface area contributed by atoms with E-state index in [1.807, 2.05) is 0 Å². The summed E-state index contributed by atoms with van der Waals surface area (Å²) in [6, 6.07) is -1.51. The monoisotopic (exact) mass is 551 g/mol. The molecule has 0 aliphatic heterocycles. The molecule has 12 heteroatoms. The minimum absolute atomic E-state index is 0.102. The van der Waals surface area contributed by atoms with Crippen molar-refractivity contribution in [3.05, 3.63) is 12.2 Å². The standard InChI is InChI=1S/C25H46NO10P/c1-3-5-6-7-8-9-10-11-12-13-14-15-16-17-24(28)36-21(18-33-23(27)4-2)19-34-37(31,32)35-20-22(26)25(29)30/h9-10,21-22H,3-8,11-20,26H2,1-2H3,(H,29,30)(H,31,32)/b10-9-. The molecule has 0 heterocycles. The van der Waals surface area contributed by atoms with Crippen molar-refractivity contribution < 1.29 is 47.5 Å². The molecule has 0 rings (SSSR count). The number of nitrogens with two attached hydrogens (primary N) is 1. The van der Waals surface area contributed by atoms with Gasteiger partial charge in [0.25, 0.3) is 0 Å². The van der Waals surface area contributed by atoms with Gasteiger partial charge >= 0.3 is 25.7 Å². The molecule has 4 N–H and O–H groups in total. The van der Waals surface area contributed by atoms with Crippen molar-refractivity contribution >= 4 is 25.7 Å². The van der Waals surface area contributed by atoms with Crippen LogP contribution in [0, 0.1) is 0 Å². The molecular weight excluding hydrogens is 505 g/mol. The van der Waals surface area contributed by atoms with E-state index in [9.17, 15) is 23.8 Å². The maximum atomic E-state index is 12.2. The summed E-state index contributed by atoms with van der Waals surface area (Å²) in [5.74, 6) is -2.50. The Hall–Kier alpha value is -1.78. The molecule has 11 nitrogen and oxygen atoms in total. The van der Waals surface area contributed by atoms with Crippen molar-refractivity contribution in [1.82, 2.24) is 0 Å². The number of hydrogen-bond donors (Lipinski definition) is 3. The maximum absolute atomic E-state index is 12.2. The summed E-state index contributed by atoms with van der Waals surface area (Å²) in [6.45, 7) is 2.09. The van der Waals surface area contributed by atoms with Gasteiger partial charge in [0.2, 0.25) is 0 Å². The van der Waals surface area contributed by atoms with Gasteiger partial charge in [0.1, 0.15) is 12.6 Å². The average molecular weight is 552 g/mol. The number of aliphatic carboxylic acids is 1. The number of carboxylic acid groups (broad SMARTS) is 1. The average Bonchev–Trinajstić information content (AvgIpc) is 2.86. The maximum Gasteiger partial charge on any atom is 0.472 e. The zero-order valence-corrected chi connectivity index (χ0v) is 23.2. The summed E-state index contributed by atoms with van der Waals surface area (Å²) in [5, 5.41) is 8.71. The molecule has 3 unspecified atom stereocenters. The van der Waals surface area contributed by atoms with Crippen molar-refractivity contribution in [2.24, 2.45) is 5.73 Å². The smallest absolute Gasteiger partial charge is 0.472 e. The lowest BCUT2D eigenvalue weighted by Gasteiger charge is -2.20. The summed E-state index contributed by atoms with van der Waals surface area (Å²) in [5.41, 5.74) is 5.22. The molecule has 0 aliphatic carbocycles. The molecule has 0 radical (unpaired) electrons. The van der Waals surface area contributed by atoms with Gasteiger partial charge in [0.05, 0.1) is 13.2 Å². The predicted octanol–water partition coefficient (Wildman–Crippen LogP) is 4.65. The minimum atomic E-state index is -4.67. The number of carboxylic acids is 1. The van der Waals surface area contributed by atoms with Gasteiger partial charge in [0.15, 0.2) is 6.10 Å². The molecule has 0 aromatic carbocycles. The molecular formula is C25H46NO10P. The van der Waals surface area contributed by atoms with Crippen LogP contribution in [0.5, 0.6) is 0 Å². The van der Waals surface area contributed by atoms with E-state index in [0.29, 0.717) is 6.42 Å². The summed E-state index contributed by atoms with van der Waals surface area (Å²) in [7, 11) is -4.67. The van der Waals surface area contributed by atoms with Gasteiger partial charge in [-0.25, -0.2) is 4.57 Å². The van der Waals surface area contributed by atoms with Crippen molar-refractivity contribution in [3.8, 4) is 0 Å². The van der Waals surface area contributed by atoms with Crippen LogP contribution in [-0.2, 0) is 37.5 Å². The van der Waals surface area contributed by atoms with E-state index >= 15 is 0 Å². The summed E-state index contributed by atoms with van der Waals surface area (Å²) >= 11 is 0. The quantitative estimate of drug-likeness (QED) is 0.0659. The van der Waals surface area contributed by atoms with E-state index in [4.69, 9.17) is 24.8 Å². The Morgan fingerprint density at radius 1 is 0.838 bits per heavy atom. The van der Waals surface area contributed by atoms with Crippen LogP contribution in [0.15, 0.2) is 12.2 Å². The summed E-state index contributed by atoms with van der Waals surface area (Å²) < 4.78 is 31.5. The first-order valence-corrected chi connectivity index (χ1v) is 14.7. The number of ether oxygens (including phenoxy) is 2. The predicted molar refractivity (Wildman–Crippen MR) is 139 cm³/mol. The zero-order valence-electron chi connectivity index (χ0n) is 22.3. The minimum Gasteiger partial charge on any atom is -0.480 e. The molecule has 0 aromatic rings. The topological polar surface area (TPSA) is 172 Å². The highest BCUT2D eigenvalue weighted by Crippen LogP contribution is 2.43. The Balaban J connectivity index is 4.26. The number of carbonyl (C=O) groups excluding carboxylic acids is 2. The highest BCUT2D eigenvalue weighted by molar-refractivity contribution is 7.47. The lowest BCUT2D eigenvalue weighted by molar-refractivity contribution is -0.161. The molecule has 216 valence electrons. The van der Waals surface area contributed by atoms with Crippen LogP contribution in [0.1, 0.15) is 97.3 Å². The Morgan fingerprint density at radius 2 is 1.41 bits per heavy atom. The molecule has 3 atom stereocenters. The molecule has 0 saturated heterocycles. The molecule has 0 saturated carbocycles. The van der Waals surface area contributed by atoms with E-state index in [1.54, 1.807) is 6.92 Å². The molecule has 0 aromatic heterocycles. The third-order valence-corrected chi connectivity index (χ3v) is 6.27. The second-order valence-corrected chi connectivity index (χ2v) is 10.2. The number of carbonyl (C=O) groups is 3. The van der Waals surface area contributed by atoms with Crippen LogP contribution < -0.4 is 5.73 Å². The number of rotatable bonds is 24. The van der Waals surface area contributed by atoms with Gasteiger partial charge in [-0.3, -0.25) is 23.4 Å². The highest BCUT2D eigenvalue weighted by Gasteiger charge is 2.28. The Kier molecular flexibility index (Phi) is 21.2. The molecule has 0 fully saturated rings. The fourth-order valence-corrected chi connectivity index (χ4v) is 3.87. The fourth-order valence-electron chi connectivity index (χ4n) is 3.10. The number of hydrogen-bond acceptors (Lipinski definition) is 9. The van der Waals surface area contributed by atoms with Crippen LogP contribution >= 0.6 is 7.82 Å². The van der Waals surface area contributed by atoms with E-state index in [2.05, 4.69) is 23.6 Å². The molecule has 0 bridgehead atoms. The van der Waals surface area contributed by atoms with Crippen molar-refractivity contribution in [1.29, 1.82) is 0 Å². The Bertz CT molecular complexity index is 716. The van der Waals surface area contributed by atoms with E-state index in [1.165, 1.54) is 25.7 Å². The second kappa shape index (κ2) is 22.2.